The van der Waals surface area contributed by atoms with Crippen LogP contribution in [0.4, 0.5) is 15.3 Å². The van der Waals surface area contributed by atoms with E-state index in [0.29, 0.717) is 54.5 Å². The highest BCUT2D eigenvalue weighted by molar-refractivity contribution is 6.13. The molecule has 0 spiro atoms. The van der Waals surface area contributed by atoms with Crippen LogP contribution in [0.5, 0.6) is 28.7 Å². The molecule has 0 fully saturated rings. The molecule has 0 radical (unpaired) electrons. The lowest BCUT2D eigenvalue weighted by molar-refractivity contribution is -0.137. The van der Waals surface area contributed by atoms with Crippen molar-refractivity contribution in [2.45, 2.75) is 83.9 Å². The van der Waals surface area contributed by atoms with Crippen molar-refractivity contribution in [2.24, 2.45) is 11.7 Å². The summed E-state index contributed by atoms with van der Waals surface area (Å²) in [7, 11) is 0. The van der Waals surface area contributed by atoms with Crippen LogP contribution in [-0.2, 0) is 35.3 Å². The molecule has 432 valence electrons. The van der Waals surface area contributed by atoms with Crippen LogP contribution >= 0.6 is 0 Å². The number of fused-ring (bicyclic) bond motifs is 2. The van der Waals surface area contributed by atoms with Gasteiger partial charge in [0.1, 0.15) is 80.9 Å². The number of hydrogen-bond acceptors (Lipinski definition) is 18. The number of carbonyl (C=O) groups is 7. The average Bonchev–Trinajstić information content (AvgIpc) is 3.90. The molecule has 24 nitrogen and oxygen atoms in total. The topological polar surface area (TPSA) is 377 Å². The number of carbonyl (C=O) groups excluding carboxylic acids is 7. The molecule has 83 heavy (non-hydrogen) atoms. The standard InChI is InChI=1S/C59H58N6O18/c1-30(2)53(64-46(71)8-4-3-5-24-65-47(72)21-22-48(65)73)57(77)63-37(7-6-23-61-58(60)78)56(76)62-34-15-9-31(10-16-34)29-80-59(79)81-36-19-13-33(14-20-36)43-26-39(68)50-45(83-43)28-41(70)52(55(50)75)51-40(69)27-44-49(54(51)74)38(67)25-42(82-44)32-11-17-35(66)18-12-32/h9-11,13-17,19-22,25-28,30,37,53,66,69-70,74-75H,3-8,12,18,23-24,29H2,1-2H3,(H,62,76)(H,63,77)(H,64,71)(H3,60,61,78)/t37-,53-/m0/s1. The predicted molar refractivity (Wildman–Crippen MR) is 300 cm³/mol. The number of imide groups is 1. The van der Waals surface area contributed by atoms with Crippen LogP contribution in [0.1, 0.15) is 76.5 Å². The number of unbranched alkanes of at least 4 members (excludes halogenated alkanes) is 2. The Bertz CT molecular complexity index is 3750. The second kappa shape index (κ2) is 25.8. The number of nitrogens with zero attached hydrogens (tertiary/aromatic N) is 1. The summed E-state index contributed by atoms with van der Waals surface area (Å²) in [6, 6.07) is 13.2. The Morgan fingerprint density at radius 1 is 0.699 bits per heavy atom. The molecule has 1 aliphatic heterocycles. The summed E-state index contributed by atoms with van der Waals surface area (Å²) in [5.74, 6) is -5.61. The average molecular weight is 1140 g/mol. The summed E-state index contributed by atoms with van der Waals surface area (Å²) in [5, 5.41) is 64.6. The summed E-state index contributed by atoms with van der Waals surface area (Å²) < 4.78 is 22.4. The molecule has 7 amide bonds. The van der Waals surface area contributed by atoms with Crippen molar-refractivity contribution in [3.63, 3.8) is 0 Å². The number of anilines is 1. The molecule has 24 heteroatoms. The van der Waals surface area contributed by atoms with Crippen molar-refractivity contribution in [1.29, 1.82) is 0 Å². The molecular weight excluding hydrogens is 1080 g/mol. The van der Waals surface area contributed by atoms with E-state index in [2.05, 4.69) is 21.3 Å². The first-order valence-electron chi connectivity index (χ1n) is 26.3. The fourth-order valence-corrected chi connectivity index (χ4v) is 9.28. The van der Waals surface area contributed by atoms with E-state index in [9.17, 15) is 68.7 Å². The van der Waals surface area contributed by atoms with Gasteiger partial charge in [-0.05, 0) is 91.6 Å². The van der Waals surface area contributed by atoms with Gasteiger partial charge in [-0.25, -0.2) is 9.59 Å². The van der Waals surface area contributed by atoms with Gasteiger partial charge < -0.3 is 70.8 Å². The Labute approximate surface area is 471 Å². The maximum absolute atomic E-state index is 13.6. The van der Waals surface area contributed by atoms with Crippen LogP contribution in [0.25, 0.3) is 50.0 Å². The molecule has 2 atom stereocenters. The zero-order valence-corrected chi connectivity index (χ0v) is 44.8. The van der Waals surface area contributed by atoms with E-state index in [1.165, 1.54) is 54.6 Å². The number of nitrogens with two attached hydrogens (primary N) is 1. The van der Waals surface area contributed by atoms with Crippen molar-refractivity contribution in [3.05, 3.63) is 135 Å². The molecule has 4 aromatic carbocycles. The van der Waals surface area contributed by atoms with Crippen molar-refractivity contribution in [1.82, 2.24) is 20.9 Å². The molecule has 2 aliphatic rings. The minimum Gasteiger partial charge on any atom is -0.512 e. The van der Waals surface area contributed by atoms with Gasteiger partial charge in [-0.15, -0.1) is 0 Å². The number of aromatic hydroxyl groups is 4. The zero-order valence-electron chi connectivity index (χ0n) is 44.8. The zero-order chi connectivity index (χ0) is 59.6. The molecule has 0 saturated heterocycles. The maximum Gasteiger partial charge on any atom is 0.514 e. The monoisotopic (exact) mass is 1140 g/mol. The number of urea groups is 1. The quantitative estimate of drug-likeness (QED) is 0.0143. The van der Waals surface area contributed by atoms with Crippen molar-refractivity contribution >= 4 is 74.9 Å². The SMILES string of the molecule is CC(C)[C@H](NC(=O)CCCCCN1C(=O)C=CC1=O)C(=O)N[C@@H](CCCNC(N)=O)C(=O)Nc1ccc(COC(=O)Oc2ccc(-c3cc(=O)c4c(O)c(-c5c(O)cc6oc(C7=CC=C(O)CC7)cc(=O)c6c5O)c(O)cc4o3)cc2)cc1. The van der Waals surface area contributed by atoms with Crippen LogP contribution < -0.4 is 42.6 Å². The number of aliphatic hydroxyl groups is 1. The Balaban J connectivity index is 0.852. The van der Waals surface area contributed by atoms with Crippen LogP contribution in [0, 0.1) is 5.92 Å². The van der Waals surface area contributed by atoms with Crippen LogP contribution in [-0.4, -0.2) is 97.3 Å². The fourth-order valence-electron chi connectivity index (χ4n) is 9.28. The Morgan fingerprint density at radius 3 is 1.90 bits per heavy atom. The Morgan fingerprint density at radius 2 is 1.31 bits per heavy atom. The Hall–Kier alpha value is -10.4. The number of phenols is 4. The number of ether oxygens (including phenoxy) is 2. The van der Waals surface area contributed by atoms with E-state index < -0.39 is 92.4 Å². The van der Waals surface area contributed by atoms with Crippen LogP contribution in [0.2, 0.25) is 0 Å². The molecule has 0 saturated carbocycles. The number of hydrogen-bond donors (Lipinski definition) is 10. The fraction of sp³-hybridized carbons (Fsp3) is 0.271. The number of rotatable bonds is 22. The molecule has 8 rings (SSSR count). The number of amides is 7. The lowest BCUT2D eigenvalue weighted by Crippen LogP contribution is -2.54. The van der Waals surface area contributed by atoms with E-state index in [4.69, 9.17) is 24.0 Å². The normalized spacial score (nSPS) is 13.8. The van der Waals surface area contributed by atoms with Gasteiger partial charge in [0.05, 0.1) is 16.9 Å². The van der Waals surface area contributed by atoms with Gasteiger partial charge >= 0.3 is 12.2 Å². The highest BCUT2D eigenvalue weighted by atomic mass is 16.7. The third-order valence-electron chi connectivity index (χ3n) is 13.6. The predicted octanol–water partition coefficient (Wildman–Crippen LogP) is 6.89. The molecule has 0 bridgehead atoms. The van der Waals surface area contributed by atoms with E-state index >= 15 is 0 Å². The van der Waals surface area contributed by atoms with E-state index in [1.807, 2.05) is 0 Å². The third kappa shape index (κ3) is 14.1. The van der Waals surface area contributed by atoms with Crippen molar-refractivity contribution < 1.29 is 77.4 Å². The van der Waals surface area contributed by atoms with E-state index in [1.54, 1.807) is 32.1 Å². The van der Waals surface area contributed by atoms with Gasteiger partial charge in [0.2, 0.25) is 17.7 Å². The van der Waals surface area contributed by atoms with Gasteiger partial charge in [-0.1, -0.05) is 38.5 Å². The lowest BCUT2D eigenvalue weighted by atomic mass is 9.96. The van der Waals surface area contributed by atoms with Crippen LogP contribution in [0.15, 0.2) is 121 Å². The largest absolute Gasteiger partial charge is 0.514 e. The first kappa shape index (κ1) is 58.8. The van der Waals surface area contributed by atoms with Gasteiger partial charge in [0.15, 0.2) is 10.9 Å². The number of benzene rings is 4. The third-order valence-corrected chi connectivity index (χ3v) is 13.6. The minimum atomic E-state index is -1.11. The first-order valence-corrected chi connectivity index (χ1v) is 26.3. The van der Waals surface area contributed by atoms with E-state index in [0.717, 1.165) is 29.2 Å². The summed E-state index contributed by atoms with van der Waals surface area (Å²) in [6.45, 7) is 3.56. The van der Waals surface area contributed by atoms with Crippen molar-refractivity contribution in [2.75, 3.05) is 18.4 Å². The Kier molecular flexibility index (Phi) is 18.3. The second-order valence-corrected chi connectivity index (χ2v) is 19.9. The molecule has 2 aromatic heterocycles. The van der Waals surface area contributed by atoms with Crippen molar-refractivity contribution in [3.8, 4) is 51.2 Å². The molecule has 1 aliphatic carbocycles. The van der Waals surface area contributed by atoms with Gasteiger partial charge in [-0.2, -0.15) is 0 Å². The maximum atomic E-state index is 13.6. The highest BCUT2D eigenvalue weighted by Gasteiger charge is 2.31. The van der Waals surface area contributed by atoms with E-state index in [-0.39, 0.29) is 96.3 Å². The summed E-state index contributed by atoms with van der Waals surface area (Å²) in [5.41, 5.74) is 3.76. The number of primary amides is 1. The summed E-state index contributed by atoms with van der Waals surface area (Å²) in [6.07, 6.45) is 6.93. The second-order valence-electron chi connectivity index (χ2n) is 19.9. The lowest BCUT2D eigenvalue weighted by Gasteiger charge is -2.25. The molecule has 3 heterocycles. The van der Waals surface area contributed by atoms with Gasteiger partial charge in [-0.3, -0.25) is 38.5 Å². The smallest absolute Gasteiger partial charge is 0.512 e. The molecule has 11 N–H and O–H groups in total. The van der Waals surface area contributed by atoms with Gasteiger partial charge in [0, 0.05) is 73.6 Å². The summed E-state index contributed by atoms with van der Waals surface area (Å²) >= 11 is 0. The highest BCUT2D eigenvalue weighted by Crippen LogP contribution is 2.51. The summed E-state index contributed by atoms with van der Waals surface area (Å²) in [4.78, 5) is 116. The number of aliphatic hydroxyl groups excluding tert-OH is 1. The number of nitrogens with one attached hydrogen (secondary N) is 4. The minimum absolute atomic E-state index is 0.0295. The molecular formula is C59H58N6O18. The molecule has 0 unspecified atom stereocenters. The number of phenolic OH excluding ortho intramolecular Hbond substituents is 4. The first-order chi connectivity index (χ1) is 39.6. The molecule has 6 aromatic rings. The van der Waals surface area contributed by atoms with Gasteiger partial charge in [0.25, 0.3) is 11.8 Å². The number of allylic oxidation sites excluding steroid dienone is 4. The van der Waals surface area contributed by atoms with Crippen LogP contribution in [0.3, 0.4) is 0 Å².